The smallest absolute Gasteiger partial charge is 0.335 e. The summed E-state index contributed by atoms with van der Waals surface area (Å²) in [5.74, 6) is -2.76. The van der Waals surface area contributed by atoms with E-state index in [9.17, 15) is 18.8 Å². The van der Waals surface area contributed by atoms with Crippen LogP contribution in [0.5, 0.6) is 0 Å². The van der Waals surface area contributed by atoms with E-state index in [0.29, 0.717) is 11.3 Å². The number of benzene rings is 2. The second kappa shape index (κ2) is 6.95. The number of hydrogen-bond donors (Lipinski definition) is 2. The third kappa shape index (κ3) is 3.56. The van der Waals surface area contributed by atoms with E-state index in [0.717, 1.165) is 5.56 Å². The largest absolute Gasteiger partial charge is 0.478 e. The molecule has 2 aromatic carbocycles. The van der Waals surface area contributed by atoms with Gasteiger partial charge in [0.25, 0.3) is 0 Å². The van der Waals surface area contributed by atoms with E-state index in [4.69, 9.17) is 5.11 Å². The van der Waals surface area contributed by atoms with Crippen molar-refractivity contribution in [1.29, 1.82) is 0 Å². The van der Waals surface area contributed by atoms with Gasteiger partial charge in [0.1, 0.15) is 5.82 Å². The number of carbonyl (C=O) groups is 3. The van der Waals surface area contributed by atoms with E-state index < -0.39 is 17.7 Å². The van der Waals surface area contributed by atoms with E-state index >= 15 is 0 Å². The number of carbonyl (C=O) groups excluding carboxylic acids is 2. The van der Waals surface area contributed by atoms with Crippen LogP contribution < -0.4 is 5.32 Å². The van der Waals surface area contributed by atoms with Crippen LogP contribution in [0, 0.1) is 5.82 Å². The van der Waals surface area contributed by atoms with Gasteiger partial charge in [-0.05, 0) is 35.4 Å². The van der Waals surface area contributed by atoms with Crippen molar-refractivity contribution in [3.63, 3.8) is 0 Å². The van der Waals surface area contributed by atoms with Crippen LogP contribution in [0.1, 0.15) is 33.8 Å². The van der Waals surface area contributed by atoms with E-state index in [-0.39, 0.29) is 30.3 Å². The molecule has 1 unspecified atom stereocenters. The fraction of sp³-hybridized carbons (Fsp3) is 0.211. The highest BCUT2D eigenvalue weighted by Gasteiger charge is 2.32. The third-order valence-electron chi connectivity index (χ3n) is 4.35. The minimum Gasteiger partial charge on any atom is -0.478 e. The van der Waals surface area contributed by atoms with Crippen molar-refractivity contribution in [2.45, 2.75) is 18.9 Å². The minimum atomic E-state index is -1.02. The number of nitrogens with zero attached hydrogens (tertiary/aromatic N) is 1. The molecule has 26 heavy (non-hydrogen) atoms. The molecule has 0 aromatic heterocycles. The highest BCUT2D eigenvalue weighted by atomic mass is 19.1. The zero-order valence-electron chi connectivity index (χ0n) is 14.0. The van der Waals surface area contributed by atoms with Gasteiger partial charge in [-0.2, -0.15) is 0 Å². The van der Waals surface area contributed by atoms with Crippen molar-refractivity contribution in [2.75, 3.05) is 12.4 Å². The first-order valence-corrected chi connectivity index (χ1v) is 8.01. The number of likely N-dealkylation sites (N-methyl/N-ethyl adjacent to an activating group) is 1. The van der Waals surface area contributed by atoms with Gasteiger partial charge >= 0.3 is 5.97 Å². The summed E-state index contributed by atoms with van der Waals surface area (Å²) in [6.07, 6.45) is -0.000240. The third-order valence-corrected chi connectivity index (χ3v) is 4.35. The van der Waals surface area contributed by atoms with Crippen molar-refractivity contribution in [3.8, 4) is 0 Å². The molecular weight excluding hydrogens is 339 g/mol. The number of rotatable bonds is 4. The zero-order chi connectivity index (χ0) is 18.8. The number of hydrogen-bond acceptors (Lipinski definition) is 3. The number of nitrogens with one attached hydrogen (secondary N) is 1. The lowest BCUT2D eigenvalue weighted by atomic mass is 9.89. The van der Waals surface area contributed by atoms with Gasteiger partial charge in [-0.1, -0.05) is 18.2 Å². The molecule has 1 heterocycles. The molecule has 3 rings (SSSR count). The fourth-order valence-corrected chi connectivity index (χ4v) is 3.03. The van der Waals surface area contributed by atoms with Gasteiger partial charge in [0.2, 0.25) is 11.8 Å². The number of carboxylic acids is 1. The molecule has 2 N–H and O–H groups in total. The van der Waals surface area contributed by atoms with Crippen molar-refractivity contribution in [3.05, 3.63) is 65.0 Å². The van der Waals surface area contributed by atoms with Crippen LogP contribution in [0.25, 0.3) is 0 Å². The molecule has 0 saturated carbocycles. The number of aromatic carboxylic acids is 1. The van der Waals surface area contributed by atoms with Crippen LogP contribution >= 0.6 is 0 Å². The van der Waals surface area contributed by atoms with Gasteiger partial charge in [-0.3, -0.25) is 9.59 Å². The Kier molecular flexibility index (Phi) is 4.71. The highest BCUT2D eigenvalue weighted by Crippen LogP contribution is 2.34. The van der Waals surface area contributed by atoms with Crippen molar-refractivity contribution in [2.24, 2.45) is 0 Å². The molecule has 1 aliphatic heterocycles. The summed E-state index contributed by atoms with van der Waals surface area (Å²) in [6, 6.07) is 10.2. The maximum Gasteiger partial charge on any atom is 0.335 e. The first-order chi connectivity index (χ1) is 12.3. The molecule has 6 nitrogen and oxygen atoms in total. The topological polar surface area (TPSA) is 86.7 Å². The monoisotopic (exact) mass is 356 g/mol. The summed E-state index contributed by atoms with van der Waals surface area (Å²) in [6.45, 7) is 0.271. The summed E-state index contributed by atoms with van der Waals surface area (Å²) >= 11 is 0. The summed E-state index contributed by atoms with van der Waals surface area (Å²) < 4.78 is 13.4. The molecule has 2 amide bonds. The van der Waals surface area contributed by atoms with Crippen LogP contribution in [0.2, 0.25) is 0 Å². The number of anilines is 1. The number of fused-ring (bicyclic) bond motifs is 1. The Labute approximate surface area is 149 Å². The van der Waals surface area contributed by atoms with E-state index in [1.165, 1.54) is 35.2 Å². The van der Waals surface area contributed by atoms with E-state index in [2.05, 4.69) is 5.32 Å². The van der Waals surface area contributed by atoms with Crippen molar-refractivity contribution < 1.29 is 23.9 Å². The lowest BCUT2D eigenvalue weighted by molar-refractivity contribution is -0.134. The Bertz CT molecular complexity index is 880. The number of halogens is 1. The Morgan fingerprint density at radius 1 is 1.23 bits per heavy atom. The van der Waals surface area contributed by atoms with E-state index in [1.807, 2.05) is 0 Å². The molecule has 0 fully saturated rings. The summed E-state index contributed by atoms with van der Waals surface area (Å²) in [4.78, 5) is 37.1. The van der Waals surface area contributed by atoms with Gasteiger partial charge in [-0.25, -0.2) is 9.18 Å². The van der Waals surface area contributed by atoms with Crippen molar-refractivity contribution in [1.82, 2.24) is 4.90 Å². The maximum atomic E-state index is 13.4. The molecule has 0 aliphatic carbocycles. The Hall–Kier alpha value is -3.22. The average Bonchev–Trinajstić information content (AvgIpc) is 2.60. The Balaban J connectivity index is 1.78. The van der Waals surface area contributed by atoms with Crippen LogP contribution in [-0.2, 0) is 16.1 Å². The van der Waals surface area contributed by atoms with Gasteiger partial charge in [0.05, 0.1) is 11.5 Å². The SMILES string of the molecule is CN(Cc1ccc(C(=O)O)cc1)C(=O)C1CC(=O)Nc2cc(F)ccc21. The molecular formula is C19H17FN2O4. The van der Waals surface area contributed by atoms with Crippen molar-refractivity contribution >= 4 is 23.5 Å². The van der Waals surface area contributed by atoms with Crippen LogP contribution in [0.3, 0.4) is 0 Å². The molecule has 1 atom stereocenters. The van der Waals surface area contributed by atoms with Gasteiger partial charge in [0.15, 0.2) is 0 Å². The summed E-state index contributed by atoms with van der Waals surface area (Å²) in [5, 5.41) is 11.5. The van der Waals surface area contributed by atoms with E-state index in [1.54, 1.807) is 19.2 Å². The number of carboxylic acid groups (broad SMARTS) is 1. The fourth-order valence-electron chi connectivity index (χ4n) is 3.03. The highest BCUT2D eigenvalue weighted by molar-refractivity contribution is 6.01. The molecule has 0 spiro atoms. The van der Waals surface area contributed by atoms with Crippen LogP contribution in [-0.4, -0.2) is 34.8 Å². The predicted molar refractivity (Wildman–Crippen MR) is 92.3 cm³/mol. The van der Waals surface area contributed by atoms with Gasteiger partial charge < -0.3 is 15.3 Å². The van der Waals surface area contributed by atoms with Crippen LogP contribution in [0.15, 0.2) is 42.5 Å². The lowest BCUT2D eigenvalue weighted by Gasteiger charge is -2.28. The molecule has 0 radical (unpaired) electrons. The zero-order valence-corrected chi connectivity index (χ0v) is 14.0. The summed E-state index contributed by atoms with van der Waals surface area (Å²) in [5.41, 5.74) is 1.84. The Morgan fingerprint density at radius 3 is 2.58 bits per heavy atom. The quantitative estimate of drug-likeness (QED) is 0.882. The normalized spacial score (nSPS) is 15.8. The standard InChI is InChI=1S/C19H17FN2O4/c1-22(10-11-2-4-12(5-3-11)19(25)26)18(24)15-9-17(23)21-16-8-13(20)6-7-14(15)16/h2-8,15H,9-10H2,1H3,(H,21,23)(H,25,26). The first kappa shape index (κ1) is 17.6. The second-order valence-electron chi connectivity index (χ2n) is 6.23. The second-order valence-corrected chi connectivity index (χ2v) is 6.23. The summed E-state index contributed by atoms with van der Waals surface area (Å²) in [7, 11) is 1.61. The molecule has 7 heteroatoms. The van der Waals surface area contributed by atoms with Gasteiger partial charge in [-0.15, -0.1) is 0 Å². The van der Waals surface area contributed by atoms with Gasteiger partial charge in [0, 0.05) is 25.7 Å². The molecule has 134 valence electrons. The average molecular weight is 356 g/mol. The molecule has 0 bridgehead atoms. The van der Waals surface area contributed by atoms with Crippen LogP contribution in [0.4, 0.5) is 10.1 Å². The molecule has 2 aromatic rings. The Morgan fingerprint density at radius 2 is 1.92 bits per heavy atom. The predicted octanol–water partition coefficient (Wildman–Crippen LogP) is 2.61. The minimum absolute atomic E-state index is 0.000240. The number of amides is 2. The first-order valence-electron chi connectivity index (χ1n) is 8.01. The molecule has 1 aliphatic rings. The maximum absolute atomic E-state index is 13.4. The lowest BCUT2D eigenvalue weighted by Crippen LogP contribution is -2.36. The molecule has 0 saturated heterocycles.